The molecule has 1 amide bonds. The highest BCUT2D eigenvalue weighted by atomic mass is 32.2. The van der Waals surface area contributed by atoms with Crippen molar-refractivity contribution in [3.05, 3.63) is 58.5 Å². The number of hydrogen-bond donors (Lipinski definition) is 1. The summed E-state index contributed by atoms with van der Waals surface area (Å²) in [5.74, 6) is 0.675. The molecule has 1 N–H and O–H groups in total. The molecular formula is C18H20N2O3S. The predicted octanol–water partition coefficient (Wildman–Crippen LogP) is 2.91. The molecule has 0 bridgehead atoms. The van der Waals surface area contributed by atoms with Crippen LogP contribution in [0.4, 0.5) is 5.69 Å². The first-order valence-corrected chi connectivity index (χ1v) is 8.93. The van der Waals surface area contributed by atoms with Crippen LogP contribution in [0.1, 0.15) is 23.2 Å². The van der Waals surface area contributed by atoms with Crippen LogP contribution in [-0.2, 0) is 11.8 Å². The molecule has 2 aromatic rings. The van der Waals surface area contributed by atoms with Crippen LogP contribution in [0.5, 0.6) is 0 Å². The van der Waals surface area contributed by atoms with Gasteiger partial charge >= 0.3 is 0 Å². The highest BCUT2D eigenvalue weighted by molar-refractivity contribution is 7.99. The van der Waals surface area contributed by atoms with E-state index >= 15 is 0 Å². The summed E-state index contributed by atoms with van der Waals surface area (Å²) < 4.78 is 7.08. The molecule has 1 aromatic carbocycles. The maximum Gasteiger partial charge on any atom is 0.256 e. The predicted molar refractivity (Wildman–Crippen MR) is 95.8 cm³/mol. The fourth-order valence-corrected chi connectivity index (χ4v) is 3.72. The zero-order chi connectivity index (χ0) is 16.9. The lowest BCUT2D eigenvalue weighted by molar-refractivity contribution is 0.102. The number of pyridine rings is 1. The van der Waals surface area contributed by atoms with Gasteiger partial charge in [-0.05, 0) is 31.0 Å². The number of rotatable bonds is 5. The summed E-state index contributed by atoms with van der Waals surface area (Å²) in [5, 5.41) is 2.85. The van der Waals surface area contributed by atoms with Gasteiger partial charge in [0.1, 0.15) is 0 Å². The standard InChI is InChI=1S/C18H20N2O3S/c1-20-11-13(8-9-17(20)21)19-18(22)15-6-2-3-7-16(15)24-12-14-5-4-10-23-14/h2-3,6-9,11,14H,4-5,10,12H2,1H3,(H,19,22)/t14-/m0/s1. The van der Waals surface area contributed by atoms with Gasteiger partial charge in [-0.2, -0.15) is 0 Å². The van der Waals surface area contributed by atoms with Crippen LogP contribution in [0, 0.1) is 0 Å². The molecule has 0 aliphatic carbocycles. The Morgan fingerprint density at radius 3 is 2.92 bits per heavy atom. The average Bonchev–Trinajstić information content (AvgIpc) is 3.10. The minimum atomic E-state index is -0.177. The Labute approximate surface area is 145 Å². The zero-order valence-electron chi connectivity index (χ0n) is 13.5. The van der Waals surface area contributed by atoms with Crippen molar-refractivity contribution in [2.24, 2.45) is 7.05 Å². The van der Waals surface area contributed by atoms with E-state index in [9.17, 15) is 9.59 Å². The molecule has 126 valence electrons. The highest BCUT2D eigenvalue weighted by Gasteiger charge is 2.18. The Balaban J connectivity index is 1.71. The highest BCUT2D eigenvalue weighted by Crippen LogP contribution is 2.27. The van der Waals surface area contributed by atoms with E-state index in [1.807, 2.05) is 24.3 Å². The Hall–Kier alpha value is -2.05. The summed E-state index contributed by atoms with van der Waals surface area (Å²) in [6.45, 7) is 0.833. The molecule has 0 saturated carbocycles. The first-order valence-electron chi connectivity index (χ1n) is 7.95. The number of amides is 1. The summed E-state index contributed by atoms with van der Waals surface area (Å²) in [6, 6.07) is 10.6. The number of aryl methyl sites for hydroxylation is 1. The lowest BCUT2D eigenvalue weighted by Crippen LogP contribution is -2.18. The Morgan fingerprint density at radius 1 is 1.33 bits per heavy atom. The van der Waals surface area contributed by atoms with Crippen LogP contribution in [0.2, 0.25) is 0 Å². The number of nitrogens with zero attached hydrogens (tertiary/aromatic N) is 1. The quantitative estimate of drug-likeness (QED) is 0.847. The third kappa shape index (κ3) is 4.07. The van der Waals surface area contributed by atoms with Crippen molar-refractivity contribution in [1.29, 1.82) is 0 Å². The van der Waals surface area contributed by atoms with E-state index in [1.54, 1.807) is 31.1 Å². The van der Waals surface area contributed by atoms with Crippen LogP contribution in [0.3, 0.4) is 0 Å². The fraction of sp³-hybridized carbons (Fsp3) is 0.333. The molecule has 1 aromatic heterocycles. The van der Waals surface area contributed by atoms with Gasteiger partial charge in [0.25, 0.3) is 5.91 Å². The van der Waals surface area contributed by atoms with Gasteiger partial charge in [0.2, 0.25) is 5.56 Å². The van der Waals surface area contributed by atoms with E-state index in [0.29, 0.717) is 11.3 Å². The SMILES string of the molecule is Cn1cc(NC(=O)c2ccccc2SC[C@@H]2CCCO2)ccc1=O. The van der Waals surface area contributed by atoms with Crippen LogP contribution in [0.15, 0.2) is 52.3 Å². The number of carbonyl (C=O) groups is 1. The van der Waals surface area contributed by atoms with E-state index in [1.165, 1.54) is 10.6 Å². The van der Waals surface area contributed by atoms with Gasteiger partial charge in [-0.25, -0.2) is 0 Å². The minimum Gasteiger partial charge on any atom is -0.377 e. The molecule has 24 heavy (non-hydrogen) atoms. The van der Waals surface area contributed by atoms with Crippen molar-refractivity contribution in [2.75, 3.05) is 17.7 Å². The van der Waals surface area contributed by atoms with Gasteiger partial charge in [0.15, 0.2) is 0 Å². The number of thioether (sulfide) groups is 1. The first kappa shape index (κ1) is 16.8. The molecule has 1 aliphatic heterocycles. The smallest absolute Gasteiger partial charge is 0.256 e. The van der Waals surface area contributed by atoms with Crippen LogP contribution < -0.4 is 10.9 Å². The Kier molecular flexibility index (Phi) is 5.37. The largest absolute Gasteiger partial charge is 0.377 e. The van der Waals surface area contributed by atoms with E-state index in [4.69, 9.17) is 4.74 Å². The molecule has 6 heteroatoms. The van der Waals surface area contributed by atoms with Gasteiger partial charge in [-0.3, -0.25) is 9.59 Å². The maximum atomic E-state index is 12.6. The summed E-state index contributed by atoms with van der Waals surface area (Å²) in [6.07, 6.45) is 4.08. The second kappa shape index (κ2) is 7.68. The third-order valence-electron chi connectivity index (χ3n) is 3.92. The minimum absolute atomic E-state index is 0.111. The van der Waals surface area contributed by atoms with Gasteiger partial charge in [0.05, 0.1) is 17.4 Å². The van der Waals surface area contributed by atoms with Crippen molar-refractivity contribution in [3.8, 4) is 0 Å². The summed E-state index contributed by atoms with van der Waals surface area (Å²) >= 11 is 1.65. The third-order valence-corrected chi connectivity index (χ3v) is 5.13. The molecule has 1 atom stereocenters. The number of ether oxygens (including phenoxy) is 1. The van der Waals surface area contributed by atoms with Crippen molar-refractivity contribution in [3.63, 3.8) is 0 Å². The summed E-state index contributed by atoms with van der Waals surface area (Å²) in [7, 11) is 1.66. The molecular weight excluding hydrogens is 324 g/mol. The van der Waals surface area contributed by atoms with Gasteiger partial charge < -0.3 is 14.6 Å². The van der Waals surface area contributed by atoms with Crippen molar-refractivity contribution in [1.82, 2.24) is 4.57 Å². The molecule has 5 nitrogen and oxygen atoms in total. The zero-order valence-corrected chi connectivity index (χ0v) is 14.3. The average molecular weight is 344 g/mol. The Bertz CT molecular complexity index is 782. The fourth-order valence-electron chi connectivity index (χ4n) is 2.60. The number of benzene rings is 1. The lowest BCUT2D eigenvalue weighted by Gasteiger charge is -2.12. The summed E-state index contributed by atoms with van der Waals surface area (Å²) in [4.78, 5) is 25.0. The molecule has 0 unspecified atom stereocenters. The van der Waals surface area contributed by atoms with Crippen molar-refractivity contribution >= 4 is 23.4 Å². The molecule has 2 heterocycles. The van der Waals surface area contributed by atoms with E-state index in [-0.39, 0.29) is 17.6 Å². The van der Waals surface area contributed by atoms with Gasteiger partial charge in [-0.1, -0.05) is 12.1 Å². The van der Waals surface area contributed by atoms with E-state index in [2.05, 4.69) is 5.32 Å². The number of nitrogens with one attached hydrogen (secondary N) is 1. The topological polar surface area (TPSA) is 60.3 Å². The van der Waals surface area contributed by atoms with E-state index < -0.39 is 0 Å². The monoisotopic (exact) mass is 344 g/mol. The number of anilines is 1. The van der Waals surface area contributed by atoms with Crippen molar-refractivity contribution in [2.45, 2.75) is 23.8 Å². The van der Waals surface area contributed by atoms with Gasteiger partial charge in [-0.15, -0.1) is 11.8 Å². The second-order valence-electron chi connectivity index (χ2n) is 5.76. The first-order chi connectivity index (χ1) is 11.6. The van der Waals surface area contributed by atoms with Crippen LogP contribution >= 0.6 is 11.8 Å². The molecule has 1 saturated heterocycles. The van der Waals surface area contributed by atoms with E-state index in [0.717, 1.165) is 30.1 Å². The number of carbonyl (C=O) groups excluding carboxylic acids is 1. The molecule has 0 spiro atoms. The molecule has 3 rings (SSSR count). The molecule has 0 radical (unpaired) electrons. The molecule has 1 fully saturated rings. The molecule has 1 aliphatic rings. The normalized spacial score (nSPS) is 17.0. The number of aromatic nitrogens is 1. The van der Waals surface area contributed by atoms with Gasteiger partial charge in [0, 0.05) is 36.6 Å². The lowest BCUT2D eigenvalue weighted by atomic mass is 10.2. The summed E-state index contributed by atoms with van der Waals surface area (Å²) in [5.41, 5.74) is 1.12. The van der Waals surface area contributed by atoms with Crippen LogP contribution in [-0.4, -0.2) is 28.9 Å². The second-order valence-corrected chi connectivity index (χ2v) is 6.83. The number of hydrogen-bond acceptors (Lipinski definition) is 4. The maximum absolute atomic E-state index is 12.6. The van der Waals surface area contributed by atoms with Crippen molar-refractivity contribution < 1.29 is 9.53 Å². The Morgan fingerprint density at radius 2 is 2.17 bits per heavy atom. The van der Waals surface area contributed by atoms with Crippen LogP contribution in [0.25, 0.3) is 0 Å².